The number of amides is 1. The molecule has 2 N–H and O–H groups in total. The first kappa shape index (κ1) is 16.3. The highest BCUT2D eigenvalue weighted by molar-refractivity contribution is 5.95. The van der Waals surface area contributed by atoms with Crippen LogP contribution in [0.3, 0.4) is 0 Å². The van der Waals surface area contributed by atoms with Crippen molar-refractivity contribution in [2.75, 3.05) is 36.8 Å². The minimum Gasteiger partial charge on any atom is -0.384 e. The summed E-state index contributed by atoms with van der Waals surface area (Å²) in [7, 11) is 0. The summed E-state index contributed by atoms with van der Waals surface area (Å²) < 4.78 is 0. The van der Waals surface area contributed by atoms with Gasteiger partial charge < -0.3 is 15.5 Å². The highest BCUT2D eigenvalue weighted by atomic mass is 16.2. The molecule has 0 saturated carbocycles. The van der Waals surface area contributed by atoms with Crippen molar-refractivity contribution in [1.29, 1.82) is 0 Å². The molecule has 0 radical (unpaired) electrons. The molecular weight excluding hydrogens is 300 g/mol. The van der Waals surface area contributed by atoms with Crippen molar-refractivity contribution in [2.45, 2.75) is 20.8 Å². The monoisotopic (exact) mass is 324 g/mol. The molecule has 5 heteroatoms. The maximum Gasteiger partial charge on any atom is 0.255 e. The Hall–Kier alpha value is -2.56. The lowest BCUT2D eigenvalue weighted by Gasteiger charge is -2.37. The van der Waals surface area contributed by atoms with Crippen molar-refractivity contribution in [3.05, 3.63) is 52.7 Å². The van der Waals surface area contributed by atoms with Gasteiger partial charge in [-0.1, -0.05) is 17.7 Å². The summed E-state index contributed by atoms with van der Waals surface area (Å²) in [5, 5.41) is 0. The molecule has 3 rings (SSSR count). The van der Waals surface area contributed by atoms with Crippen LogP contribution in [0.2, 0.25) is 0 Å². The van der Waals surface area contributed by atoms with Gasteiger partial charge in [-0.2, -0.15) is 0 Å². The van der Waals surface area contributed by atoms with Gasteiger partial charge in [0.2, 0.25) is 0 Å². The van der Waals surface area contributed by atoms with Crippen LogP contribution in [0.25, 0.3) is 0 Å². The number of anilines is 2. The number of carbonyl (C=O) groups excluding carboxylic acids is 1. The van der Waals surface area contributed by atoms with E-state index in [4.69, 9.17) is 5.73 Å². The van der Waals surface area contributed by atoms with Crippen molar-refractivity contribution in [1.82, 2.24) is 9.88 Å². The number of nitrogens with two attached hydrogens (primary N) is 1. The third kappa shape index (κ3) is 3.20. The van der Waals surface area contributed by atoms with Crippen LogP contribution in [-0.2, 0) is 0 Å². The Bertz CT molecular complexity index is 764. The van der Waals surface area contributed by atoms with Crippen LogP contribution in [0.15, 0.2) is 30.3 Å². The van der Waals surface area contributed by atoms with Crippen LogP contribution in [0.1, 0.15) is 27.2 Å². The molecule has 0 bridgehead atoms. The maximum absolute atomic E-state index is 12.7. The molecule has 1 amide bonds. The van der Waals surface area contributed by atoms with Gasteiger partial charge in [0.05, 0.1) is 11.3 Å². The predicted molar refractivity (Wildman–Crippen MR) is 97.4 cm³/mol. The van der Waals surface area contributed by atoms with Gasteiger partial charge in [0.25, 0.3) is 5.91 Å². The minimum absolute atomic E-state index is 0.0419. The fraction of sp³-hybridized carbons (Fsp3) is 0.368. The third-order valence-corrected chi connectivity index (χ3v) is 4.60. The third-order valence-electron chi connectivity index (χ3n) is 4.60. The summed E-state index contributed by atoms with van der Waals surface area (Å²) in [6.07, 6.45) is 0. The normalized spacial score (nSPS) is 14.8. The first-order valence-electron chi connectivity index (χ1n) is 8.30. The van der Waals surface area contributed by atoms with Crippen LogP contribution in [0.5, 0.6) is 0 Å². The topological polar surface area (TPSA) is 62.5 Å². The van der Waals surface area contributed by atoms with E-state index in [-0.39, 0.29) is 5.91 Å². The van der Waals surface area contributed by atoms with Crippen LogP contribution in [0.4, 0.5) is 11.5 Å². The molecular formula is C19H24N4O. The van der Waals surface area contributed by atoms with E-state index in [9.17, 15) is 4.79 Å². The van der Waals surface area contributed by atoms with E-state index in [2.05, 4.69) is 41.9 Å². The summed E-state index contributed by atoms with van der Waals surface area (Å²) in [4.78, 5) is 21.2. The summed E-state index contributed by atoms with van der Waals surface area (Å²) >= 11 is 0. The Balaban J connectivity index is 1.69. The SMILES string of the molecule is Cc1ccc(N2CCN(C(=O)c3ccc(N)nc3C)CC2)c(C)c1. The fourth-order valence-electron chi connectivity index (χ4n) is 3.29. The Morgan fingerprint density at radius 2 is 1.75 bits per heavy atom. The molecule has 2 heterocycles. The smallest absolute Gasteiger partial charge is 0.255 e. The van der Waals surface area contributed by atoms with E-state index in [0.29, 0.717) is 17.1 Å². The second-order valence-electron chi connectivity index (χ2n) is 6.44. The van der Waals surface area contributed by atoms with Gasteiger partial charge in [0, 0.05) is 31.9 Å². The first-order valence-corrected chi connectivity index (χ1v) is 8.30. The molecule has 1 aliphatic rings. The van der Waals surface area contributed by atoms with Gasteiger partial charge >= 0.3 is 0 Å². The highest BCUT2D eigenvalue weighted by Gasteiger charge is 2.24. The standard InChI is InChI=1S/C19H24N4O/c1-13-4-6-17(14(2)12-13)22-8-10-23(11-9-22)19(24)16-5-7-18(20)21-15(16)3/h4-7,12H,8-11H2,1-3H3,(H2,20,21). The number of aromatic nitrogens is 1. The molecule has 1 fully saturated rings. The van der Waals surface area contributed by atoms with Crippen LogP contribution < -0.4 is 10.6 Å². The molecule has 1 aromatic heterocycles. The molecule has 0 aliphatic carbocycles. The molecule has 1 aromatic carbocycles. The number of pyridine rings is 1. The largest absolute Gasteiger partial charge is 0.384 e. The number of benzene rings is 1. The Morgan fingerprint density at radius 1 is 1.04 bits per heavy atom. The van der Waals surface area contributed by atoms with E-state index in [1.807, 2.05) is 11.8 Å². The van der Waals surface area contributed by atoms with Crippen LogP contribution in [-0.4, -0.2) is 42.0 Å². The lowest BCUT2D eigenvalue weighted by molar-refractivity contribution is 0.0745. The maximum atomic E-state index is 12.7. The Kier molecular flexibility index (Phi) is 4.42. The number of piperazine rings is 1. The van der Waals surface area contributed by atoms with Crippen molar-refractivity contribution < 1.29 is 4.79 Å². The minimum atomic E-state index is 0.0419. The molecule has 2 aromatic rings. The Morgan fingerprint density at radius 3 is 2.38 bits per heavy atom. The molecule has 1 saturated heterocycles. The number of rotatable bonds is 2. The van der Waals surface area contributed by atoms with E-state index in [1.54, 1.807) is 12.1 Å². The quantitative estimate of drug-likeness (QED) is 0.922. The fourth-order valence-corrected chi connectivity index (χ4v) is 3.29. The molecule has 0 spiro atoms. The zero-order valence-corrected chi connectivity index (χ0v) is 14.5. The highest BCUT2D eigenvalue weighted by Crippen LogP contribution is 2.23. The Labute approximate surface area is 143 Å². The first-order chi connectivity index (χ1) is 11.5. The van der Waals surface area contributed by atoms with Crippen molar-refractivity contribution in [3.63, 3.8) is 0 Å². The van der Waals surface area contributed by atoms with E-state index < -0.39 is 0 Å². The summed E-state index contributed by atoms with van der Waals surface area (Å²) in [6.45, 7) is 9.20. The number of nitrogen functional groups attached to an aromatic ring is 1. The van der Waals surface area contributed by atoms with Crippen molar-refractivity contribution in [2.24, 2.45) is 0 Å². The number of nitrogens with zero attached hydrogens (tertiary/aromatic N) is 3. The average molecular weight is 324 g/mol. The van der Waals surface area contributed by atoms with Gasteiger partial charge in [0.15, 0.2) is 0 Å². The second-order valence-corrected chi connectivity index (χ2v) is 6.44. The molecule has 126 valence electrons. The molecule has 24 heavy (non-hydrogen) atoms. The van der Waals surface area contributed by atoms with E-state index in [0.717, 1.165) is 26.2 Å². The molecule has 5 nitrogen and oxygen atoms in total. The van der Waals surface area contributed by atoms with Gasteiger partial charge in [-0.15, -0.1) is 0 Å². The van der Waals surface area contributed by atoms with Crippen LogP contribution >= 0.6 is 0 Å². The summed E-state index contributed by atoms with van der Waals surface area (Å²) in [5.74, 6) is 0.490. The predicted octanol–water partition coefficient (Wildman–Crippen LogP) is 2.55. The number of hydrogen-bond donors (Lipinski definition) is 1. The molecule has 1 aliphatic heterocycles. The van der Waals surface area contributed by atoms with Gasteiger partial charge in [-0.05, 0) is 44.5 Å². The lowest BCUT2D eigenvalue weighted by atomic mass is 10.1. The van der Waals surface area contributed by atoms with Crippen LogP contribution in [0, 0.1) is 20.8 Å². The molecule has 0 atom stereocenters. The van der Waals surface area contributed by atoms with Gasteiger partial charge in [0.1, 0.15) is 5.82 Å². The molecule has 0 unspecified atom stereocenters. The van der Waals surface area contributed by atoms with Gasteiger partial charge in [-0.3, -0.25) is 4.79 Å². The summed E-state index contributed by atoms with van der Waals surface area (Å²) in [5.41, 5.74) is 10.8. The van der Waals surface area contributed by atoms with Crippen molar-refractivity contribution >= 4 is 17.4 Å². The zero-order valence-electron chi connectivity index (χ0n) is 14.5. The number of carbonyl (C=O) groups is 1. The average Bonchev–Trinajstić information content (AvgIpc) is 2.54. The van der Waals surface area contributed by atoms with E-state index >= 15 is 0 Å². The number of aryl methyl sites for hydroxylation is 3. The van der Waals surface area contributed by atoms with Gasteiger partial charge in [-0.25, -0.2) is 4.98 Å². The second kappa shape index (κ2) is 6.51. The zero-order chi connectivity index (χ0) is 17.3. The number of hydrogen-bond acceptors (Lipinski definition) is 4. The van der Waals surface area contributed by atoms with E-state index in [1.165, 1.54) is 16.8 Å². The summed E-state index contributed by atoms with van der Waals surface area (Å²) in [6, 6.07) is 9.98. The lowest BCUT2D eigenvalue weighted by Crippen LogP contribution is -2.49. The van der Waals surface area contributed by atoms with Crippen molar-refractivity contribution in [3.8, 4) is 0 Å².